The second-order valence-corrected chi connectivity index (χ2v) is 12.6. The van der Waals surface area contributed by atoms with Crippen LogP contribution in [0.1, 0.15) is 0 Å². The molecule has 3 heterocycles. The number of nitrogens with zero attached hydrogens (tertiary/aromatic N) is 2. The molecule has 0 amide bonds. The first-order valence-corrected chi connectivity index (χ1v) is 16.0. The Balaban J connectivity index is 1.17. The maximum atomic E-state index is 6.35. The number of aromatic nitrogens is 2. The van der Waals surface area contributed by atoms with Gasteiger partial charge >= 0.3 is 0 Å². The van der Waals surface area contributed by atoms with E-state index in [1.807, 2.05) is 6.07 Å². The molecule has 3 aromatic heterocycles. The summed E-state index contributed by atoms with van der Waals surface area (Å²) in [7, 11) is 0. The van der Waals surface area contributed by atoms with Crippen LogP contribution in [0.25, 0.3) is 92.1 Å². The van der Waals surface area contributed by atoms with Crippen molar-refractivity contribution in [1.82, 2.24) is 9.55 Å². The molecule has 210 valence electrons. The number of hydrogen-bond donors (Lipinski definition) is 0. The Morgan fingerprint density at radius 2 is 1.24 bits per heavy atom. The molecule has 3 nitrogen and oxygen atoms in total. The van der Waals surface area contributed by atoms with Crippen LogP contribution in [0, 0.1) is 0 Å². The normalized spacial score (nSPS) is 12.0. The van der Waals surface area contributed by atoms with Crippen LogP contribution in [0.5, 0.6) is 0 Å². The summed E-state index contributed by atoms with van der Waals surface area (Å²) in [6.45, 7) is 0. The molecule has 0 bridgehead atoms. The number of fused-ring (bicyclic) bond motifs is 10. The summed E-state index contributed by atoms with van der Waals surface area (Å²) in [5, 5.41) is 7.37. The van der Waals surface area contributed by atoms with Crippen molar-refractivity contribution in [2.75, 3.05) is 0 Å². The van der Waals surface area contributed by atoms with Gasteiger partial charge in [-0.15, -0.1) is 11.3 Å². The van der Waals surface area contributed by atoms with E-state index in [1.165, 1.54) is 63.9 Å². The van der Waals surface area contributed by atoms with Gasteiger partial charge in [0, 0.05) is 47.6 Å². The number of thiophene rings is 1. The zero-order valence-electron chi connectivity index (χ0n) is 24.1. The lowest BCUT2D eigenvalue weighted by Crippen LogP contribution is -1.95. The number of benzene rings is 7. The summed E-state index contributed by atoms with van der Waals surface area (Å²) in [5.41, 5.74) is 8.67. The fraction of sp³-hybridized carbons (Fsp3) is 0. The van der Waals surface area contributed by atoms with Gasteiger partial charge in [-0.05, 0) is 71.1 Å². The Kier molecular flexibility index (Phi) is 5.16. The highest BCUT2D eigenvalue weighted by molar-refractivity contribution is 7.26. The predicted octanol–water partition coefficient (Wildman–Crippen LogP) is 11.8. The Morgan fingerprint density at radius 1 is 0.533 bits per heavy atom. The molecule has 10 rings (SSSR count). The van der Waals surface area contributed by atoms with Crippen LogP contribution in [-0.4, -0.2) is 9.55 Å². The van der Waals surface area contributed by atoms with E-state index in [-0.39, 0.29) is 0 Å². The quantitative estimate of drug-likeness (QED) is 0.204. The van der Waals surface area contributed by atoms with Crippen molar-refractivity contribution in [3.8, 4) is 28.3 Å². The monoisotopic (exact) mass is 592 g/mol. The summed E-state index contributed by atoms with van der Waals surface area (Å²) in [5.74, 6) is 0.638. The molecule has 0 spiro atoms. The standard InChI is InChI=1S/C41H24N2OS/c1-2-10-25(11-3-1)32-24-33-29-13-6-8-16-34(29)43(40(33)30-14-5-4-12-28(30)32)27-20-18-26(19-21-27)41-42-39-35(44-41)22-23-37-38(39)31-15-7-9-17-36(31)45-37/h1-24H. The van der Waals surface area contributed by atoms with E-state index in [1.54, 1.807) is 11.3 Å². The van der Waals surface area contributed by atoms with E-state index in [4.69, 9.17) is 9.40 Å². The van der Waals surface area contributed by atoms with E-state index >= 15 is 0 Å². The fourth-order valence-corrected chi connectivity index (χ4v) is 8.13. The summed E-state index contributed by atoms with van der Waals surface area (Å²) < 4.78 is 11.2. The van der Waals surface area contributed by atoms with Crippen molar-refractivity contribution in [1.29, 1.82) is 0 Å². The lowest BCUT2D eigenvalue weighted by atomic mass is 9.95. The molecule has 0 fully saturated rings. The first kappa shape index (κ1) is 24.7. The van der Waals surface area contributed by atoms with Gasteiger partial charge in [0.15, 0.2) is 5.58 Å². The van der Waals surface area contributed by atoms with Crippen LogP contribution in [0.4, 0.5) is 0 Å². The average Bonchev–Trinajstić information content (AvgIpc) is 3.80. The molecule has 0 saturated carbocycles. The second kappa shape index (κ2) is 9.39. The van der Waals surface area contributed by atoms with Crippen molar-refractivity contribution in [3.05, 3.63) is 146 Å². The van der Waals surface area contributed by atoms with Gasteiger partial charge in [-0.25, -0.2) is 4.98 Å². The van der Waals surface area contributed by atoms with Crippen molar-refractivity contribution in [2.24, 2.45) is 0 Å². The van der Waals surface area contributed by atoms with E-state index in [0.717, 1.165) is 22.4 Å². The molecule has 10 aromatic rings. The molecule has 45 heavy (non-hydrogen) atoms. The molecule has 0 radical (unpaired) electrons. The Bertz CT molecular complexity index is 2750. The summed E-state index contributed by atoms with van der Waals surface area (Å²) in [6, 6.07) is 51.9. The predicted molar refractivity (Wildman–Crippen MR) is 190 cm³/mol. The molecule has 0 N–H and O–H groups in total. The first-order valence-electron chi connectivity index (χ1n) is 15.1. The molecule has 4 heteroatoms. The number of hydrogen-bond acceptors (Lipinski definition) is 3. The molecule has 0 atom stereocenters. The summed E-state index contributed by atoms with van der Waals surface area (Å²) in [6.07, 6.45) is 0. The van der Waals surface area contributed by atoms with Crippen molar-refractivity contribution in [2.45, 2.75) is 0 Å². The van der Waals surface area contributed by atoms with Crippen LogP contribution in [0.15, 0.2) is 150 Å². The second-order valence-electron chi connectivity index (χ2n) is 11.5. The van der Waals surface area contributed by atoms with Crippen LogP contribution in [0.3, 0.4) is 0 Å². The molecule has 0 unspecified atom stereocenters. The minimum atomic E-state index is 0.638. The average molecular weight is 593 g/mol. The van der Waals surface area contributed by atoms with Crippen molar-refractivity contribution >= 4 is 75.2 Å². The van der Waals surface area contributed by atoms with Crippen molar-refractivity contribution in [3.63, 3.8) is 0 Å². The Hall–Kier alpha value is -5.71. The Morgan fingerprint density at radius 3 is 2.09 bits per heavy atom. The largest absolute Gasteiger partial charge is 0.436 e. The number of oxazole rings is 1. The van der Waals surface area contributed by atoms with Crippen LogP contribution >= 0.6 is 11.3 Å². The number of para-hydroxylation sites is 1. The summed E-state index contributed by atoms with van der Waals surface area (Å²) >= 11 is 1.80. The third-order valence-electron chi connectivity index (χ3n) is 9.03. The highest BCUT2D eigenvalue weighted by atomic mass is 32.1. The van der Waals surface area contributed by atoms with Crippen molar-refractivity contribution < 1.29 is 4.42 Å². The topological polar surface area (TPSA) is 31.0 Å². The SMILES string of the molecule is c1ccc(-c2cc3c4ccccc4n(-c4ccc(-c5nc6c(ccc7sc8ccccc8c76)o5)cc4)c3c3ccccc23)cc1. The lowest BCUT2D eigenvalue weighted by Gasteiger charge is -2.13. The molecule has 0 saturated heterocycles. The number of rotatable bonds is 3. The fourth-order valence-electron chi connectivity index (χ4n) is 7.03. The minimum Gasteiger partial charge on any atom is -0.436 e. The van der Waals surface area contributed by atoms with Gasteiger partial charge in [-0.2, -0.15) is 0 Å². The molecular weight excluding hydrogens is 569 g/mol. The molecule has 0 aliphatic rings. The van der Waals surface area contributed by atoms with Gasteiger partial charge in [-0.3, -0.25) is 0 Å². The molecule has 0 aliphatic heterocycles. The Labute approximate surface area is 262 Å². The van der Waals surface area contributed by atoms with Crippen LogP contribution in [-0.2, 0) is 0 Å². The third kappa shape index (κ3) is 3.60. The maximum absolute atomic E-state index is 6.35. The van der Waals surface area contributed by atoms with E-state index in [9.17, 15) is 0 Å². The maximum Gasteiger partial charge on any atom is 0.227 e. The van der Waals surface area contributed by atoms with Crippen LogP contribution < -0.4 is 0 Å². The van der Waals surface area contributed by atoms with Crippen LogP contribution in [0.2, 0.25) is 0 Å². The van der Waals surface area contributed by atoms with Gasteiger partial charge in [0.2, 0.25) is 5.89 Å². The van der Waals surface area contributed by atoms with E-state index in [2.05, 4.69) is 144 Å². The van der Waals surface area contributed by atoms with Gasteiger partial charge in [0.25, 0.3) is 0 Å². The zero-order valence-corrected chi connectivity index (χ0v) is 24.9. The van der Waals surface area contributed by atoms with Gasteiger partial charge in [0.05, 0.1) is 11.0 Å². The highest BCUT2D eigenvalue weighted by Gasteiger charge is 2.19. The van der Waals surface area contributed by atoms with Gasteiger partial charge in [-0.1, -0.05) is 91.0 Å². The molecule has 7 aromatic carbocycles. The smallest absolute Gasteiger partial charge is 0.227 e. The van der Waals surface area contributed by atoms with E-state index in [0.29, 0.717) is 5.89 Å². The molecular formula is C41H24N2OS. The molecule has 0 aliphatic carbocycles. The minimum absolute atomic E-state index is 0.638. The lowest BCUT2D eigenvalue weighted by molar-refractivity contribution is 0.620. The van der Waals surface area contributed by atoms with Gasteiger partial charge < -0.3 is 8.98 Å². The summed E-state index contributed by atoms with van der Waals surface area (Å²) in [4.78, 5) is 5.04. The zero-order chi connectivity index (χ0) is 29.5. The van der Waals surface area contributed by atoms with E-state index < -0.39 is 0 Å². The third-order valence-corrected chi connectivity index (χ3v) is 10.2. The first-order chi connectivity index (χ1) is 22.3. The van der Waals surface area contributed by atoms with Gasteiger partial charge in [0.1, 0.15) is 5.52 Å². The highest BCUT2D eigenvalue weighted by Crippen LogP contribution is 2.42.